The van der Waals surface area contributed by atoms with Crippen molar-refractivity contribution in [3.8, 4) is 0 Å². The van der Waals surface area contributed by atoms with Gasteiger partial charge >= 0.3 is 0 Å². The van der Waals surface area contributed by atoms with Crippen LogP contribution < -0.4 is 5.73 Å². The first-order valence-electron chi connectivity index (χ1n) is 5.39. The van der Waals surface area contributed by atoms with Crippen LogP contribution >= 0.6 is 0 Å². The summed E-state index contributed by atoms with van der Waals surface area (Å²) in [5.41, 5.74) is 7.41. The third kappa shape index (κ3) is 1.27. The van der Waals surface area contributed by atoms with E-state index in [9.17, 15) is 0 Å². The molecule has 2 N–H and O–H groups in total. The predicted molar refractivity (Wildman–Crippen MR) is 60.2 cm³/mol. The van der Waals surface area contributed by atoms with Gasteiger partial charge in [-0.3, -0.25) is 0 Å². The zero-order valence-corrected chi connectivity index (χ0v) is 9.14. The van der Waals surface area contributed by atoms with Gasteiger partial charge < -0.3 is 14.9 Å². The van der Waals surface area contributed by atoms with Crippen LogP contribution in [0, 0.1) is 0 Å². The molecular weight excluding hydrogens is 204 g/mol. The van der Waals surface area contributed by atoms with Crippen LogP contribution in [0.2, 0.25) is 0 Å². The van der Waals surface area contributed by atoms with Gasteiger partial charge in [-0.25, -0.2) is 4.98 Å². The van der Waals surface area contributed by atoms with Crippen molar-refractivity contribution < 1.29 is 9.15 Å². The summed E-state index contributed by atoms with van der Waals surface area (Å²) in [7, 11) is 0. The zero-order valence-electron chi connectivity index (χ0n) is 9.14. The molecule has 84 valence electrons. The Kier molecular flexibility index (Phi) is 2.02. The Labute approximate surface area is 93.4 Å². The highest BCUT2D eigenvalue weighted by Crippen LogP contribution is 2.33. The topological polar surface area (TPSA) is 61.3 Å². The molecule has 0 radical (unpaired) electrons. The number of nitrogens with two attached hydrogens (primary N) is 1. The lowest BCUT2D eigenvalue weighted by Gasteiger charge is -2.22. The van der Waals surface area contributed by atoms with Crippen LogP contribution in [-0.4, -0.2) is 24.2 Å². The number of nitrogens with zero attached hydrogens (tertiary/aromatic N) is 1. The fourth-order valence-corrected chi connectivity index (χ4v) is 2.03. The summed E-state index contributed by atoms with van der Waals surface area (Å²) in [6, 6.07) is 7.68. The third-order valence-corrected chi connectivity index (χ3v) is 3.30. The number of oxazole rings is 1. The molecule has 2 unspecified atom stereocenters. The van der Waals surface area contributed by atoms with Crippen molar-refractivity contribution in [2.45, 2.75) is 18.4 Å². The average molecular weight is 218 g/mol. The van der Waals surface area contributed by atoms with Gasteiger partial charge in [0.25, 0.3) is 0 Å². The molecule has 2 heterocycles. The van der Waals surface area contributed by atoms with Gasteiger partial charge in [-0.1, -0.05) is 12.1 Å². The molecule has 4 nitrogen and oxygen atoms in total. The second-order valence-electron chi connectivity index (χ2n) is 4.53. The summed E-state index contributed by atoms with van der Waals surface area (Å²) >= 11 is 0. The molecule has 2 aromatic rings. The molecule has 1 aromatic carbocycles. The molecule has 1 fully saturated rings. The maximum atomic E-state index is 6.04. The highest BCUT2D eigenvalue weighted by Gasteiger charge is 2.43. The van der Waals surface area contributed by atoms with Crippen LogP contribution in [0.25, 0.3) is 11.1 Å². The molecular formula is C12H14N2O2. The van der Waals surface area contributed by atoms with Gasteiger partial charge in [0.05, 0.1) is 18.6 Å². The normalized spacial score (nSPS) is 30.0. The minimum absolute atomic E-state index is 0.0550. The van der Waals surface area contributed by atoms with E-state index in [1.807, 2.05) is 31.2 Å². The van der Waals surface area contributed by atoms with Gasteiger partial charge in [-0.15, -0.1) is 0 Å². The number of aromatic nitrogens is 1. The van der Waals surface area contributed by atoms with Crippen LogP contribution in [0.1, 0.15) is 12.8 Å². The third-order valence-electron chi connectivity index (χ3n) is 3.30. The van der Waals surface area contributed by atoms with Crippen molar-refractivity contribution in [1.29, 1.82) is 0 Å². The van der Waals surface area contributed by atoms with Crippen molar-refractivity contribution in [2.75, 3.05) is 13.2 Å². The lowest BCUT2D eigenvalue weighted by atomic mass is 9.86. The summed E-state index contributed by atoms with van der Waals surface area (Å²) in [6.45, 7) is 3.17. The number of benzene rings is 1. The minimum Gasteiger partial charge on any atom is -0.440 e. The van der Waals surface area contributed by atoms with Crippen molar-refractivity contribution in [3.05, 3.63) is 30.2 Å². The molecule has 1 saturated heterocycles. The summed E-state index contributed by atoms with van der Waals surface area (Å²) < 4.78 is 11.2. The Morgan fingerprint density at radius 3 is 2.94 bits per heavy atom. The molecule has 2 atom stereocenters. The minimum atomic E-state index is -0.307. The molecule has 4 heteroatoms. The van der Waals surface area contributed by atoms with E-state index in [2.05, 4.69) is 4.98 Å². The molecule has 3 rings (SSSR count). The second-order valence-corrected chi connectivity index (χ2v) is 4.53. The molecule has 16 heavy (non-hydrogen) atoms. The van der Waals surface area contributed by atoms with Crippen LogP contribution in [0.15, 0.2) is 28.7 Å². The Morgan fingerprint density at radius 2 is 2.25 bits per heavy atom. The van der Waals surface area contributed by atoms with Gasteiger partial charge in [-0.2, -0.15) is 0 Å². The van der Waals surface area contributed by atoms with E-state index in [-0.39, 0.29) is 11.5 Å². The Balaban J connectivity index is 2.12. The Hall–Kier alpha value is -1.39. The van der Waals surface area contributed by atoms with E-state index < -0.39 is 0 Å². The first-order chi connectivity index (χ1) is 7.70. The summed E-state index contributed by atoms with van der Waals surface area (Å²) in [4.78, 5) is 4.49. The molecule has 0 aliphatic carbocycles. The largest absolute Gasteiger partial charge is 0.440 e. The highest BCUT2D eigenvalue weighted by atomic mass is 16.5. The number of hydrogen-bond acceptors (Lipinski definition) is 4. The van der Waals surface area contributed by atoms with E-state index in [4.69, 9.17) is 14.9 Å². The molecule has 0 spiro atoms. The number of ether oxygens (including phenoxy) is 1. The van der Waals surface area contributed by atoms with Crippen LogP contribution in [0.4, 0.5) is 0 Å². The van der Waals surface area contributed by atoms with Crippen LogP contribution in [-0.2, 0) is 10.2 Å². The monoisotopic (exact) mass is 218 g/mol. The van der Waals surface area contributed by atoms with E-state index in [1.165, 1.54) is 0 Å². The zero-order chi connectivity index (χ0) is 11.2. The molecule has 1 aliphatic rings. The van der Waals surface area contributed by atoms with Crippen molar-refractivity contribution >= 4 is 11.1 Å². The number of fused-ring (bicyclic) bond motifs is 1. The molecule has 1 aromatic heterocycles. The van der Waals surface area contributed by atoms with Crippen molar-refractivity contribution in [2.24, 2.45) is 5.73 Å². The maximum absolute atomic E-state index is 6.04. The first kappa shape index (κ1) is 9.81. The SMILES string of the molecule is CC1(c2nc3ccccc3o2)COCC1N. The van der Waals surface area contributed by atoms with Gasteiger partial charge in [0.1, 0.15) is 5.52 Å². The van der Waals surface area contributed by atoms with Crippen molar-refractivity contribution in [3.63, 3.8) is 0 Å². The van der Waals surface area contributed by atoms with E-state index in [0.29, 0.717) is 19.1 Å². The van der Waals surface area contributed by atoms with E-state index >= 15 is 0 Å². The molecule has 0 bridgehead atoms. The van der Waals surface area contributed by atoms with E-state index in [0.717, 1.165) is 11.1 Å². The summed E-state index contributed by atoms with van der Waals surface area (Å²) in [6.07, 6.45) is 0. The summed E-state index contributed by atoms with van der Waals surface area (Å²) in [5.74, 6) is 0.679. The second kappa shape index (κ2) is 3.30. The van der Waals surface area contributed by atoms with Gasteiger partial charge in [-0.05, 0) is 19.1 Å². The highest BCUT2D eigenvalue weighted by molar-refractivity contribution is 5.72. The standard InChI is InChI=1S/C12H14N2O2/c1-12(7-15-6-10(12)13)11-14-8-4-2-3-5-9(8)16-11/h2-5,10H,6-7,13H2,1H3. The Morgan fingerprint density at radius 1 is 1.44 bits per heavy atom. The molecule has 1 aliphatic heterocycles. The van der Waals surface area contributed by atoms with E-state index in [1.54, 1.807) is 0 Å². The average Bonchev–Trinajstić information content (AvgIpc) is 2.84. The van der Waals surface area contributed by atoms with Gasteiger partial charge in [0, 0.05) is 6.04 Å². The molecule has 0 saturated carbocycles. The first-order valence-corrected chi connectivity index (χ1v) is 5.39. The fourth-order valence-electron chi connectivity index (χ4n) is 2.03. The molecule has 0 amide bonds. The lowest BCUT2D eigenvalue weighted by Crippen LogP contribution is -2.42. The lowest BCUT2D eigenvalue weighted by molar-refractivity contribution is 0.173. The maximum Gasteiger partial charge on any atom is 0.205 e. The predicted octanol–water partition coefficient (Wildman–Crippen LogP) is 1.44. The summed E-state index contributed by atoms with van der Waals surface area (Å²) in [5, 5.41) is 0. The number of rotatable bonds is 1. The fraction of sp³-hybridized carbons (Fsp3) is 0.417. The Bertz CT molecular complexity index is 489. The smallest absolute Gasteiger partial charge is 0.205 e. The van der Waals surface area contributed by atoms with Gasteiger partial charge in [0.15, 0.2) is 5.58 Å². The van der Waals surface area contributed by atoms with Crippen LogP contribution in [0.5, 0.6) is 0 Å². The van der Waals surface area contributed by atoms with Gasteiger partial charge in [0.2, 0.25) is 5.89 Å². The number of para-hydroxylation sites is 2. The van der Waals surface area contributed by atoms with Crippen LogP contribution in [0.3, 0.4) is 0 Å². The number of hydrogen-bond donors (Lipinski definition) is 1. The van der Waals surface area contributed by atoms with Crippen molar-refractivity contribution in [1.82, 2.24) is 4.98 Å². The quantitative estimate of drug-likeness (QED) is 0.786.